The van der Waals surface area contributed by atoms with Crippen LogP contribution in [0.15, 0.2) is 36.7 Å². The lowest BCUT2D eigenvalue weighted by Gasteiger charge is -2.19. The third kappa shape index (κ3) is 3.96. The van der Waals surface area contributed by atoms with Gasteiger partial charge in [0.1, 0.15) is 5.82 Å². The number of amides is 2. The first-order chi connectivity index (χ1) is 11.1. The number of aromatic nitrogens is 2. The molecule has 6 nitrogen and oxygen atoms in total. The van der Waals surface area contributed by atoms with Gasteiger partial charge in [-0.2, -0.15) is 0 Å². The molecule has 2 amide bonds. The summed E-state index contributed by atoms with van der Waals surface area (Å²) >= 11 is 6.03. The quantitative estimate of drug-likeness (QED) is 0.901. The van der Waals surface area contributed by atoms with Gasteiger partial charge < -0.3 is 20.1 Å². The van der Waals surface area contributed by atoms with Crippen LogP contribution >= 0.6 is 11.6 Å². The Hall–Kier alpha value is -2.21. The Morgan fingerprint density at radius 1 is 1.48 bits per heavy atom. The van der Waals surface area contributed by atoms with E-state index in [1.165, 1.54) is 0 Å². The van der Waals surface area contributed by atoms with Crippen molar-refractivity contribution in [2.24, 2.45) is 7.05 Å². The van der Waals surface area contributed by atoms with E-state index >= 15 is 0 Å². The molecule has 122 valence electrons. The number of nitrogens with one attached hydrogen (secondary N) is 2. The molecule has 1 atom stereocenters. The van der Waals surface area contributed by atoms with Crippen molar-refractivity contribution >= 4 is 23.3 Å². The summed E-state index contributed by atoms with van der Waals surface area (Å²) in [6.45, 7) is 2.11. The van der Waals surface area contributed by atoms with E-state index in [0.717, 1.165) is 36.0 Å². The van der Waals surface area contributed by atoms with E-state index in [1.807, 2.05) is 42.1 Å². The maximum atomic E-state index is 12.0. The van der Waals surface area contributed by atoms with Crippen molar-refractivity contribution < 1.29 is 4.79 Å². The van der Waals surface area contributed by atoms with Crippen LogP contribution in [0.25, 0.3) is 0 Å². The Bertz CT molecular complexity index is 687. The zero-order valence-corrected chi connectivity index (χ0v) is 13.8. The first-order valence-electron chi connectivity index (χ1n) is 7.63. The molecule has 1 aromatic carbocycles. The van der Waals surface area contributed by atoms with Gasteiger partial charge in [0, 0.05) is 49.3 Å². The fraction of sp³-hybridized carbons (Fsp3) is 0.375. The van der Waals surface area contributed by atoms with E-state index in [-0.39, 0.29) is 12.1 Å². The molecule has 0 aliphatic carbocycles. The van der Waals surface area contributed by atoms with Crippen LogP contribution in [0.3, 0.4) is 0 Å². The highest BCUT2D eigenvalue weighted by molar-refractivity contribution is 6.30. The lowest BCUT2D eigenvalue weighted by atomic mass is 10.3. The highest BCUT2D eigenvalue weighted by Crippen LogP contribution is 2.23. The van der Waals surface area contributed by atoms with E-state index in [1.54, 1.807) is 6.20 Å². The van der Waals surface area contributed by atoms with Crippen LogP contribution in [0.2, 0.25) is 5.02 Å². The molecule has 1 aliphatic heterocycles. The monoisotopic (exact) mass is 333 g/mol. The van der Waals surface area contributed by atoms with Gasteiger partial charge in [0.2, 0.25) is 0 Å². The molecule has 2 N–H and O–H groups in total. The molecular weight excluding hydrogens is 314 g/mol. The van der Waals surface area contributed by atoms with Gasteiger partial charge in [-0.3, -0.25) is 0 Å². The number of imidazole rings is 1. The van der Waals surface area contributed by atoms with Crippen molar-refractivity contribution in [2.45, 2.75) is 19.0 Å². The third-order valence-electron chi connectivity index (χ3n) is 4.02. The molecule has 2 aromatic rings. The largest absolute Gasteiger partial charge is 0.369 e. The molecule has 0 saturated carbocycles. The number of aryl methyl sites for hydroxylation is 1. The summed E-state index contributed by atoms with van der Waals surface area (Å²) in [5.74, 6) is 0.826. The molecular formula is C16H20ClN5O. The number of carbonyl (C=O) groups is 1. The zero-order chi connectivity index (χ0) is 16.2. The van der Waals surface area contributed by atoms with E-state index in [2.05, 4.69) is 20.5 Å². The molecule has 0 unspecified atom stereocenters. The Labute approximate surface area is 140 Å². The second-order valence-corrected chi connectivity index (χ2v) is 6.13. The minimum Gasteiger partial charge on any atom is -0.369 e. The molecule has 0 bridgehead atoms. The summed E-state index contributed by atoms with van der Waals surface area (Å²) in [6, 6.07) is 7.77. The Morgan fingerprint density at radius 2 is 2.35 bits per heavy atom. The number of hydrogen-bond acceptors (Lipinski definition) is 3. The smallest absolute Gasteiger partial charge is 0.315 e. The van der Waals surface area contributed by atoms with Crippen molar-refractivity contribution in [1.29, 1.82) is 0 Å². The van der Waals surface area contributed by atoms with Gasteiger partial charge >= 0.3 is 6.03 Å². The van der Waals surface area contributed by atoms with Crippen molar-refractivity contribution in [3.8, 4) is 0 Å². The Balaban J connectivity index is 1.48. The fourth-order valence-electron chi connectivity index (χ4n) is 2.75. The minimum atomic E-state index is -0.161. The van der Waals surface area contributed by atoms with Crippen molar-refractivity contribution in [3.05, 3.63) is 47.5 Å². The predicted molar refractivity (Wildman–Crippen MR) is 90.6 cm³/mol. The van der Waals surface area contributed by atoms with Crippen molar-refractivity contribution in [1.82, 2.24) is 20.2 Å². The molecule has 2 heterocycles. The normalized spacial score (nSPS) is 17.3. The number of halogens is 1. The predicted octanol–water partition coefficient (Wildman–Crippen LogP) is 2.15. The first-order valence-corrected chi connectivity index (χ1v) is 8.00. The van der Waals surface area contributed by atoms with Crippen molar-refractivity contribution in [3.63, 3.8) is 0 Å². The maximum absolute atomic E-state index is 12.0. The molecule has 1 aliphatic rings. The number of hydrogen-bond donors (Lipinski definition) is 2. The van der Waals surface area contributed by atoms with Gasteiger partial charge in [-0.15, -0.1) is 0 Å². The highest BCUT2D eigenvalue weighted by Gasteiger charge is 2.24. The molecule has 1 saturated heterocycles. The summed E-state index contributed by atoms with van der Waals surface area (Å²) in [5.41, 5.74) is 1.09. The molecule has 1 aromatic heterocycles. The number of anilines is 1. The van der Waals surface area contributed by atoms with Crippen LogP contribution in [-0.4, -0.2) is 34.7 Å². The average Bonchev–Trinajstić information content (AvgIpc) is 3.14. The zero-order valence-electron chi connectivity index (χ0n) is 13.0. The van der Waals surface area contributed by atoms with Gasteiger partial charge in [-0.1, -0.05) is 17.7 Å². The molecule has 0 spiro atoms. The number of nitrogens with zero attached hydrogens (tertiary/aromatic N) is 3. The first kappa shape index (κ1) is 15.7. The lowest BCUT2D eigenvalue weighted by molar-refractivity contribution is 0.237. The standard InChI is InChI=1S/C16H20ClN5O/c1-21-8-6-18-15(21)10-19-16(23)20-13-5-7-22(11-13)14-4-2-3-12(17)9-14/h2-4,6,8-9,13H,5,7,10-11H2,1H3,(H2,19,20,23)/t13-/m1/s1. The molecule has 3 rings (SSSR count). The average molecular weight is 334 g/mol. The Kier molecular flexibility index (Phi) is 4.71. The second kappa shape index (κ2) is 6.91. The van der Waals surface area contributed by atoms with E-state index in [4.69, 9.17) is 11.6 Å². The number of carbonyl (C=O) groups excluding carboxylic acids is 1. The van der Waals surface area contributed by atoms with E-state index < -0.39 is 0 Å². The summed E-state index contributed by atoms with van der Waals surface area (Å²) in [4.78, 5) is 18.4. The van der Waals surface area contributed by atoms with E-state index in [9.17, 15) is 4.79 Å². The van der Waals surface area contributed by atoms with Gasteiger partial charge in [-0.25, -0.2) is 9.78 Å². The van der Waals surface area contributed by atoms with Crippen molar-refractivity contribution in [2.75, 3.05) is 18.0 Å². The van der Waals surface area contributed by atoms with Gasteiger partial charge in [0.25, 0.3) is 0 Å². The minimum absolute atomic E-state index is 0.135. The van der Waals surface area contributed by atoms with Gasteiger partial charge in [-0.05, 0) is 24.6 Å². The molecule has 0 radical (unpaired) electrons. The molecule has 23 heavy (non-hydrogen) atoms. The van der Waals surface area contributed by atoms with Crippen LogP contribution in [0, 0.1) is 0 Å². The maximum Gasteiger partial charge on any atom is 0.315 e. The number of rotatable bonds is 4. The molecule has 1 fully saturated rings. The van der Waals surface area contributed by atoms with Crippen LogP contribution in [0.5, 0.6) is 0 Å². The third-order valence-corrected chi connectivity index (χ3v) is 4.26. The summed E-state index contributed by atoms with van der Waals surface area (Å²) in [7, 11) is 1.90. The number of benzene rings is 1. The van der Waals surface area contributed by atoms with Crippen LogP contribution in [-0.2, 0) is 13.6 Å². The SMILES string of the molecule is Cn1ccnc1CNC(=O)N[C@@H]1CCN(c2cccc(Cl)c2)C1. The lowest BCUT2D eigenvalue weighted by Crippen LogP contribution is -2.43. The van der Waals surface area contributed by atoms with Crippen LogP contribution in [0.1, 0.15) is 12.2 Å². The summed E-state index contributed by atoms with van der Waals surface area (Å²) in [6.07, 6.45) is 4.49. The fourth-order valence-corrected chi connectivity index (χ4v) is 2.93. The van der Waals surface area contributed by atoms with Crippen LogP contribution < -0.4 is 15.5 Å². The van der Waals surface area contributed by atoms with Gasteiger partial charge in [0.15, 0.2) is 0 Å². The second-order valence-electron chi connectivity index (χ2n) is 5.69. The number of urea groups is 1. The van der Waals surface area contributed by atoms with Crippen LogP contribution in [0.4, 0.5) is 10.5 Å². The van der Waals surface area contributed by atoms with E-state index in [0.29, 0.717) is 6.54 Å². The Morgan fingerprint density at radius 3 is 3.09 bits per heavy atom. The molecule has 7 heteroatoms. The topological polar surface area (TPSA) is 62.2 Å². The van der Waals surface area contributed by atoms with Gasteiger partial charge in [0.05, 0.1) is 6.54 Å². The summed E-state index contributed by atoms with van der Waals surface area (Å²) < 4.78 is 1.89. The summed E-state index contributed by atoms with van der Waals surface area (Å²) in [5, 5.41) is 6.59. The highest BCUT2D eigenvalue weighted by atomic mass is 35.5.